The van der Waals surface area contributed by atoms with Gasteiger partial charge in [0.15, 0.2) is 0 Å². The van der Waals surface area contributed by atoms with Crippen molar-refractivity contribution in [3.63, 3.8) is 0 Å². The third-order valence-electron chi connectivity index (χ3n) is 5.29. The van der Waals surface area contributed by atoms with Crippen molar-refractivity contribution >= 4 is 23.4 Å². The van der Waals surface area contributed by atoms with E-state index in [1.54, 1.807) is 0 Å². The van der Waals surface area contributed by atoms with Crippen molar-refractivity contribution in [2.75, 3.05) is 13.1 Å². The standard InChI is InChI=1S/C19H24ClFN2O2/c20-15-7-4-8-16(21)17(15)18(24)22-14-9-11-23(12-10-14)19(25)13-5-2-1-3-6-13/h4,7-8,13-14H,1-3,5-6,9-12H2,(H,22,24). The molecule has 1 saturated carbocycles. The molecular weight excluding hydrogens is 343 g/mol. The number of hydrogen-bond acceptors (Lipinski definition) is 2. The molecule has 0 unspecified atom stereocenters. The molecule has 6 heteroatoms. The highest BCUT2D eigenvalue weighted by molar-refractivity contribution is 6.33. The number of benzene rings is 1. The molecule has 2 amide bonds. The number of rotatable bonds is 3. The summed E-state index contributed by atoms with van der Waals surface area (Å²) in [4.78, 5) is 26.8. The minimum Gasteiger partial charge on any atom is -0.349 e. The smallest absolute Gasteiger partial charge is 0.255 e. The Hall–Kier alpha value is -1.62. The molecule has 0 bridgehead atoms. The van der Waals surface area contributed by atoms with Gasteiger partial charge in [-0.1, -0.05) is 36.9 Å². The van der Waals surface area contributed by atoms with Gasteiger partial charge in [-0.25, -0.2) is 4.39 Å². The summed E-state index contributed by atoms with van der Waals surface area (Å²) in [6, 6.07) is 4.15. The van der Waals surface area contributed by atoms with Crippen LogP contribution < -0.4 is 5.32 Å². The number of carbonyl (C=O) groups is 2. The summed E-state index contributed by atoms with van der Waals surface area (Å²) in [5, 5.41) is 2.97. The van der Waals surface area contributed by atoms with Crippen LogP contribution in [-0.2, 0) is 4.79 Å². The molecule has 0 aromatic heterocycles. The minimum absolute atomic E-state index is 0.0569. The molecule has 1 aliphatic carbocycles. The highest BCUT2D eigenvalue weighted by Gasteiger charge is 2.30. The lowest BCUT2D eigenvalue weighted by molar-refractivity contribution is -0.137. The van der Waals surface area contributed by atoms with Crippen molar-refractivity contribution in [3.05, 3.63) is 34.6 Å². The quantitative estimate of drug-likeness (QED) is 0.885. The lowest BCUT2D eigenvalue weighted by Gasteiger charge is -2.35. The van der Waals surface area contributed by atoms with Crippen LogP contribution in [-0.4, -0.2) is 35.8 Å². The molecule has 25 heavy (non-hydrogen) atoms. The number of halogens is 2. The first-order chi connectivity index (χ1) is 12.1. The molecule has 136 valence electrons. The van der Waals surface area contributed by atoms with Crippen molar-refractivity contribution < 1.29 is 14.0 Å². The summed E-state index contributed by atoms with van der Waals surface area (Å²) in [5.74, 6) is -0.659. The van der Waals surface area contributed by atoms with E-state index in [0.29, 0.717) is 25.9 Å². The van der Waals surface area contributed by atoms with E-state index in [4.69, 9.17) is 11.6 Å². The first kappa shape index (κ1) is 18.2. The van der Waals surface area contributed by atoms with Gasteiger partial charge in [-0.3, -0.25) is 9.59 Å². The Morgan fingerprint density at radius 2 is 1.76 bits per heavy atom. The molecule has 1 N–H and O–H groups in total. The molecule has 0 radical (unpaired) electrons. The molecule has 1 heterocycles. The van der Waals surface area contributed by atoms with E-state index in [1.165, 1.54) is 24.6 Å². The van der Waals surface area contributed by atoms with Gasteiger partial charge in [0.2, 0.25) is 5.91 Å². The van der Waals surface area contributed by atoms with E-state index in [9.17, 15) is 14.0 Å². The number of amides is 2. The largest absolute Gasteiger partial charge is 0.349 e. The average molecular weight is 367 g/mol. The molecule has 0 spiro atoms. The van der Waals surface area contributed by atoms with Crippen LogP contribution in [0.15, 0.2) is 18.2 Å². The SMILES string of the molecule is O=C(NC1CCN(C(=O)C2CCCCC2)CC1)c1c(F)cccc1Cl. The maximum atomic E-state index is 13.8. The van der Waals surface area contributed by atoms with Gasteiger partial charge in [0.25, 0.3) is 5.91 Å². The third kappa shape index (κ3) is 4.32. The molecular formula is C19H24ClFN2O2. The lowest BCUT2D eigenvalue weighted by atomic mass is 9.87. The van der Waals surface area contributed by atoms with Gasteiger partial charge in [0.1, 0.15) is 5.82 Å². The minimum atomic E-state index is -0.616. The zero-order chi connectivity index (χ0) is 17.8. The van der Waals surface area contributed by atoms with Crippen molar-refractivity contribution in [1.29, 1.82) is 0 Å². The van der Waals surface area contributed by atoms with Crippen molar-refractivity contribution in [1.82, 2.24) is 10.2 Å². The first-order valence-corrected chi connectivity index (χ1v) is 9.47. The fourth-order valence-corrected chi connectivity index (χ4v) is 4.07. The number of nitrogens with zero attached hydrogens (tertiary/aromatic N) is 1. The number of carbonyl (C=O) groups excluding carboxylic acids is 2. The van der Waals surface area contributed by atoms with E-state index >= 15 is 0 Å². The normalized spacial score (nSPS) is 19.7. The van der Waals surface area contributed by atoms with Crippen molar-refractivity contribution in [3.8, 4) is 0 Å². The Kier molecular flexibility index (Phi) is 5.94. The number of likely N-dealkylation sites (tertiary alicyclic amines) is 1. The van der Waals surface area contributed by atoms with E-state index in [1.807, 2.05) is 4.90 Å². The van der Waals surface area contributed by atoms with Crippen LogP contribution in [0, 0.1) is 11.7 Å². The molecule has 3 rings (SSSR count). The second kappa shape index (κ2) is 8.17. The summed E-state index contributed by atoms with van der Waals surface area (Å²) in [6.45, 7) is 1.29. The Morgan fingerprint density at radius 3 is 2.40 bits per heavy atom. The third-order valence-corrected chi connectivity index (χ3v) is 5.60. The predicted octanol–water partition coefficient (Wildman–Crippen LogP) is 3.78. The van der Waals surface area contributed by atoms with Gasteiger partial charge in [-0.15, -0.1) is 0 Å². The topological polar surface area (TPSA) is 49.4 Å². The van der Waals surface area contributed by atoms with Crippen LogP contribution in [0.3, 0.4) is 0 Å². The molecule has 2 aliphatic rings. The maximum Gasteiger partial charge on any atom is 0.255 e. The highest BCUT2D eigenvalue weighted by atomic mass is 35.5. The molecule has 2 fully saturated rings. The second-order valence-corrected chi connectivity index (χ2v) is 7.41. The van der Waals surface area contributed by atoms with Gasteiger partial charge in [-0.2, -0.15) is 0 Å². The lowest BCUT2D eigenvalue weighted by Crippen LogP contribution is -2.48. The molecule has 1 saturated heterocycles. The Balaban J connectivity index is 1.52. The van der Waals surface area contributed by atoms with E-state index in [2.05, 4.69) is 5.32 Å². The maximum absolute atomic E-state index is 13.8. The van der Waals surface area contributed by atoms with E-state index < -0.39 is 11.7 Å². The summed E-state index contributed by atoms with van der Waals surface area (Å²) in [6.07, 6.45) is 6.91. The fourth-order valence-electron chi connectivity index (χ4n) is 3.82. The van der Waals surface area contributed by atoms with Crippen molar-refractivity contribution in [2.24, 2.45) is 5.92 Å². The Morgan fingerprint density at radius 1 is 1.08 bits per heavy atom. The van der Waals surface area contributed by atoms with Gasteiger partial charge >= 0.3 is 0 Å². The van der Waals surface area contributed by atoms with Crippen molar-refractivity contribution in [2.45, 2.75) is 51.0 Å². The van der Waals surface area contributed by atoms with E-state index in [-0.39, 0.29) is 28.5 Å². The van der Waals surface area contributed by atoms with Crippen LogP contribution in [0.5, 0.6) is 0 Å². The molecule has 4 nitrogen and oxygen atoms in total. The average Bonchev–Trinajstić information content (AvgIpc) is 2.62. The van der Waals surface area contributed by atoms with Gasteiger partial charge in [-0.05, 0) is 37.8 Å². The second-order valence-electron chi connectivity index (χ2n) is 7.00. The van der Waals surface area contributed by atoms with Crippen LogP contribution in [0.2, 0.25) is 5.02 Å². The van der Waals surface area contributed by atoms with Gasteiger partial charge in [0.05, 0.1) is 10.6 Å². The monoisotopic (exact) mass is 366 g/mol. The summed E-state index contributed by atoms with van der Waals surface area (Å²) < 4.78 is 13.8. The van der Waals surface area contributed by atoms with Gasteiger partial charge < -0.3 is 10.2 Å². The summed E-state index contributed by atoms with van der Waals surface area (Å²) in [7, 11) is 0. The zero-order valence-electron chi connectivity index (χ0n) is 14.3. The zero-order valence-corrected chi connectivity index (χ0v) is 15.0. The van der Waals surface area contributed by atoms with Gasteiger partial charge in [0, 0.05) is 25.0 Å². The van der Waals surface area contributed by atoms with Crippen LogP contribution >= 0.6 is 11.6 Å². The molecule has 1 aliphatic heterocycles. The van der Waals surface area contributed by atoms with Crippen LogP contribution in [0.1, 0.15) is 55.3 Å². The van der Waals surface area contributed by atoms with Crippen LogP contribution in [0.4, 0.5) is 4.39 Å². The predicted molar refractivity (Wildman–Crippen MR) is 95.1 cm³/mol. The highest BCUT2D eigenvalue weighted by Crippen LogP contribution is 2.27. The molecule has 1 aromatic rings. The van der Waals surface area contributed by atoms with Crippen LogP contribution in [0.25, 0.3) is 0 Å². The summed E-state index contributed by atoms with van der Waals surface area (Å²) in [5.41, 5.74) is -0.107. The Labute approximate surface area is 152 Å². The number of hydrogen-bond donors (Lipinski definition) is 1. The summed E-state index contributed by atoms with van der Waals surface area (Å²) >= 11 is 5.94. The Bertz CT molecular complexity index is 618. The number of nitrogens with one attached hydrogen (secondary N) is 1. The number of piperidine rings is 1. The molecule has 1 aromatic carbocycles. The van der Waals surface area contributed by atoms with E-state index in [0.717, 1.165) is 25.7 Å². The first-order valence-electron chi connectivity index (χ1n) is 9.10. The molecule has 0 atom stereocenters. The fraction of sp³-hybridized carbons (Fsp3) is 0.579.